The number of methoxy groups -OCH3 is 2. The summed E-state index contributed by atoms with van der Waals surface area (Å²) in [4.78, 5) is 12.6. The van der Waals surface area contributed by atoms with Gasteiger partial charge in [-0.3, -0.25) is 9.10 Å². The molecule has 1 amide bonds. The lowest BCUT2D eigenvalue weighted by Crippen LogP contribution is -2.35. The summed E-state index contributed by atoms with van der Waals surface area (Å²) in [6.07, 6.45) is 1.47. The van der Waals surface area contributed by atoms with Crippen LogP contribution in [0.25, 0.3) is 0 Å². The average molecular weight is 483 g/mol. The highest BCUT2D eigenvalue weighted by Crippen LogP contribution is 2.34. The first-order valence-corrected chi connectivity index (χ1v) is 12.2. The van der Waals surface area contributed by atoms with Crippen LogP contribution in [0.3, 0.4) is 0 Å². The third kappa shape index (κ3) is 5.09. The quantitative estimate of drug-likeness (QED) is 0.524. The minimum Gasteiger partial charge on any atom is -0.497 e. The molecule has 0 aliphatic carbocycles. The summed E-state index contributed by atoms with van der Waals surface area (Å²) in [5, 5.41) is 2.79. The van der Waals surface area contributed by atoms with E-state index in [-0.39, 0.29) is 17.4 Å². The highest BCUT2D eigenvalue weighted by molar-refractivity contribution is 7.92. The Morgan fingerprint density at radius 3 is 2.18 bits per heavy atom. The number of ether oxygens (including phenoxy) is 3. The van der Waals surface area contributed by atoms with Gasteiger partial charge < -0.3 is 19.5 Å². The number of aryl methyl sites for hydroxylation is 1. The number of rotatable bonds is 8. The van der Waals surface area contributed by atoms with Crippen molar-refractivity contribution >= 4 is 27.3 Å². The number of hydrogen-bond acceptors (Lipinski definition) is 6. The summed E-state index contributed by atoms with van der Waals surface area (Å²) in [6, 6.07) is 18.5. The van der Waals surface area contributed by atoms with Gasteiger partial charge in [0.05, 0.1) is 24.8 Å². The molecule has 34 heavy (non-hydrogen) atoms. The molecule has 3 aromatic carbocycles. The largest absolute Gasteiger partial charge is 0.497 e. The van der Waals surface area contributed by atoms with Gasteiger partial charge in [0.1, 0.15) is 17.2 Å². The number of sulfonamides is 1. The molecule has 0 saturated heterocycles. The van der Waals surface area contributed by atoms with Crippen molar-refractivity contribution in [2.75, 3.05) is 37.0 Å². The Bertz CT molecular complexity index is 1260. The fourth-order valence-electron chi connectivity index (χ4n) is 3.76. The molecule has 0 unspecified atom stereocenters. The van der Waals surface area contributed by atoms with Crippen molar-refractivity contribution in [1.29, 1.82) is 0 Å². The molecule has 3 aromatic rings. The van der Waals surface area contributed by atoms with E-state index in [4.69, 9.17) is 14.2 Å². The molecule has 0 saturated carbocycles. The van der Waals surface area contributed by atoms with E-state index in [1.165, 1.54) is 23.5 Å². The van der Waals surface area contributed by atoms with Crippen LogP contribution in [0.4, 0.5) is 11.4 Å². The molecule has 8 nitrogen and oxygen atoms in total. The topological polar surface area (TPSA) is 94.2 Å². The number of benzene rings is 3. The van der Waals surface area contributed by atoms with Gasteiger partial charge in [-0.15, -0.1) is 0 Å². The lowest BCUT2D eigenvalue weighted by molar-refractivity contribution is -0.118. The first-order chi connectivity index (χ1) is 16.4. The molecule has 0 bridgehead atoms. The van der Waals surface area contributed by atoms with Gasteiger partial charge in [-0.1, -0.05) is 6.07 Å². The van der Waals surface area contributed by atoms with Crippen LogP contribution in [0, 0.1) is 0 Å². The summed E-state index contributed by atoms with van der Waals surface area (Å²) >= 11 is 0. The van der Waals surface area contributed by atoms with Crippen LogP contribution in [-0.2, 0) is 21.2 Å². The van der Waals surface area contributed by atoms with Crippen LogP contribution in [0.2, 0.25) is 0 Å². The number of nitrogens with zero attached hydrogens (tertiary/aromatic N) is 1. The summed E-state index contributed by atoms with van der Waals surface area (Å²) in [5.74, 6) is 1.47. The minimum absolute atomic E-state index is 0.183. The second-order valence-electron chi connectivity index (χ2n) is 7.71. The Morgan fingerprint density at radius 2 is 1.53 bits per heavy atom. The zero-order valence-electron chi connectivity index (χ0n) is 19.0. The number of carbonyl (C=O) groups is 1. The van der Waals surface area contributed by atoms with E-state index in [1.54, 1.807) is 55.6 Å². The normalized spacial score (nSPS) is 13.1. The van der Waals surface area contributed by atoms with Gasteiger partial charge >= 0.3 is 0 Å². The van der Waals surface area contributed by atoms with Gasteiger partial charge in [-0.25, -0.2) is 8.42 Å². The molecule has 0 aromatic heterocycles. The molecule has 9 heteroatoms. The fraction of sp³-hybridized carbons (Fsp3) is 0.240. The third-order valence-corrected chi connectivity index (χ3v) is 7.35. The monoisotopic (exact) mass is 482 g/mol. The zero-order valence-corrected chi connectivity index (χ0v) is 19.8. The maximum atomic E-state index is 13.4. The highest BCUT2D eigenvalue weighted by atomic mass is 32.2. The highest BCUT2D eigenvalue weighted by Gasteiger charge is 2.29. The van der Waals surface area contributed by atoms with Crippen LogP contribution < -0.4 is 23.8 Å². The van der Waals surface area contributed by atoms with Crippen molar-refractivity contribution in [2.24, 2.45) is 0 Å². The first-order valence-electron chi connectivity index (χ1n) is 10.8. The Hall–Kier alpha value is -3.72. The first kappa shape index (κ1) is 23.4. The van der Waals surface area contributed by atoms with E-state index in [2.05, 4.69) is 5.32 Å². The van der Waals surface area contributed by atoms with E-state index < -0.39 is 10.0 Å². The van der Waals surface area contributed by atoms with Crippen molar-refractivity contribution in [3.8, 4) is 17.2 Å². The number of nitrogens with one attached hydrogen (secondary N) is 1. The van der Waals surface area contributed by atoms with Crippen molar-refractivity contribution in [3.63, 3.8) is 0 Å². The SMILES string of the molecule is COc1ccc(OCC(=O)Nc2ccc3c(c2)N(S(=O)(=O)c2ccc(OC)cc2)CCC3)cc1. The van der Waals surface area contributed by atoms with Gasteiger partial charge in [0.2, 0.25) is 0 Å². The fourth-order valence-corrected chi connectivity index (χ4v) is 5.29. The van der Waals surface area contributed by atoms with Gasteiger partial charge in [0.15, 0.2) is 6.61 Å². The number of amides is 1. The molecular weight excluding hydrogens is 456 g/mol. The maximum Gasteiger partial charge on any atom is 0.264 e. The van der Waals surface area contributed by atoms with Crippen LogP contribution >= 0.6 is 0 Å². The molecule has 0 spiro atoms. The van der Waals surface area contributed by atoms with Gasteiger partial charge in [-0.05, 0) is 79.1 Å². The van der Waals surface area contributed by atoms with Crippen LogP contribution in [0.5, 0.6) is 17.2 Å². The molecule has 1 aliphatic rings. The van der Waals surface area contributed by atoms with Crippen molar-refractivity contribution < 1.29 is 27.4 Å². The number of anilines is 2. The zero-order chi connectivity index (χ0) is 24.1. The van der Waals surface area contributed by atoms with Crippen LogP contribution in [0.15, 0.2) is 71.6 Å². The Kier molecular flexibility index (Phi) is 6.93. The van der Waals surface area contributed by atoms with Gasteiger partial charge in [0.25, 0.3) is 15.9 Å². The van der Waals surface area contributed by atoms with Crippen molar-refractivity contribution in [3.05, 3.63) is 72.3 Å². The maximum absolute atomic E-state index is 13.4. The molecule has 1 aliphatic heterocycles. The van der Waals surface area contributed by atoms with Gasteiger partial charge in [0, 0.05) is 12.2 Å². The predicted octanol–water partition coefficient (Wildman–Crippen LogP) is 3.86. The second kappa shape index (κ2) is 10.0. The molecule has 4 rings (SSSR count). The molecule has 0 atom stereocenters. The molecule has 0 fully saturated rings. The van der Waals surface area contributed by atoms with E-state index in [0.717, 1.165) is 12.0 Å². The summed E-state index contributed by atoms with van der Waals surface area (Å²) in [6.45, 7) is 0.177. The number of hydrogen-bond donors (Lipinski definition) is 1. The Balaban J connectivity index is 1.49. The van der Waals surface area contributed by atoms with Gasteiger partial charge in [-0.2, -0.15) is 0 Å². The van der Waals surface area contributed by atoms with E-state index >= 15 is 0 Å². The third-order valence-electron chi connectivity index (χ3n) is 5.52. The summed E-state index contributed by atoms with van der Waals surface area (Å²) < 4.78 is 43.9. The van der Waals surface area contributed by atoms with Crippen LogP contribution in [0.1, 0.15) is 12.0 Å². The number of fused-ring (bicyclic) bond motifs is 1. The van der Waals surface area contributed by atoms with Crippen molar-refractivity contribution in [1.82, 2.24) is 0 Å². The molecular formula is C25H26N2O6S. The van der Waals surface area contributed by atoms with E-state index in [0.29, 0.717) is 41.6 Å². The smallest absolute Gasteiger partial charge is 0.264 e. The van der Waals surface area contributed by atoms with E-state index in [9.17, 15) is 13.2 Å². The second-order valence-corrected chi connectivity index (χ2v) is 9.57. The molecule has 0 radical (unpaired) electrons. The molecule has 1 N–H and O–H groups in total. The molecule has 178 valence electrons. The molecule has 1 heterocycles. The summed E-state index contributed by atoms with van der Waals surface area (Å²) in [7, 11) is -0.663. The Labute approximate surface area is 199 Å². The lowest BCUT2D eigenvalue weighted by atomic mass is 10.0. The lowest BCUT2D eigenvalue weighted by Gasteiger charge is -2.31. The van der Waals surface area contributed by atoms with Crippen LogP contribution in [-0.4, -0.2) is 41.7 Å². The van der Waals surface area contributed by atoms with E-state index in [1.807, 2.05) is 6.07 Å². The standard InChI is InChI=1S/C25H26N2O6S/c1-31-20-7-9-22(10-8-20)33-17-25(28)26-19-6-5-18-4-3-15-27(24(18)16-19)34(29,30)23-13-11-21(32-2)12-14-23/h5-14,16H,3-4,15,17H2,1-2H3,(H,26,28). The summed E-state index contributed by atoms with van der Waals surface area (Å²) in [5.41, 5.74) is 1.98. The Morgan fingerprint density at radius 1 is 0.912 bits per heavy atom. The number of carbonyl (C=O) groups excluding carboxylic acids is 1. The average Bonchev–Trinajstić information content (AvgIpc) is 2.87. The minimum atomic E-state index is -3.77. The van der Waals surface area contributed by atoms with Crippen molar-refractivity contribution in [2.45, 2.75) is 17.7 Å². The predicted molar refractivity (Wildman–Crippen MR) is 129 cm³/mol.